The van der Waals surface area contributed by atoms with Gasteiger partial charge in [-0.1, -0.05) is 48.5 Å². The molecule has 0 saturated heterocycles. The fraction of sp³-hybridized carbons (Fsp3) is 0.100. The predicted molar refractivity (Wildman–Crippen MR) is 94.0 cm³/mol. The topological polar surface area (TPSA) is 62.7 Å². The highest BCUT2D eigenvalue weighted by Gasteiger charge is 2.34. The van der Waals surface area contributed by atoms with Crippen molar-refractivity contribution in [3.05, 3.63) is 71.3 Å². The van der Waals surface area contributed by atoms with E-state index in [1.54, 1.807) is 31.2 Å². The Hall–Kier alpha value is -3.33. The molecular formula is C20H14F3N3. The quantitative estimate of drug-likeness (QED) is 0.689. The molecule has 0 fully saturated rings. The Balaban J connectivity index is 2.40. The number of rotatable bonds is 2. The monoisotopic (exact) mass is 353 g/mol. The van der Waals surface area contributed by atoms with Crippen molar-refractivity contribution in [2.24, 2.45) is 0 Å². The molecule has 2 N–H and O–H groups in total. The molecule has 0 spiro atoms. The van der Waals surface area contributed by atoms with Gasteiger partial charge in [0, 0.05) is 11.1 Å². The lowest BCUT2D eigenvalue weighted by Gasteiger charge is -2.18. The van der Waals surface area contributed by atoms with Crippen LogP contribution in [0.25, 0.3) is 22.4 Å². The summed E-state index contributed by atoms with van der Waals surface area (Å²) in [4.78, 5) is 4.27. The Morgan fingerprint density at radius 1 is 1.00 bits per heavy atom. The van der Waals surface area contributed by atoms with E-state index in [2.05, 4.69) is 4.98 Å². The number of anilines is 1. The van der Waals surface area contributed by atoms with Gasteiger partial charge in [-0.05, 0) is 24.1 Å². The predicted octanol–water partition coefficient (Wildman–Crippen LogP) is 5.20. The number of aromatic nitrogens is 1. The Bertz CT molecular complexity index is 1000. The third-order valence-corrected chi connectivity index (χ3v) is 4.13. The van der Waals surface area contributed by atoms with E-state index in [0.717, 1.165) is 6.07 Å². The zero-order valence-electron chi connectivity index (χ0n) is 13.8. The molecule has 6 heteroatoms. The molecule has 0 aliphatic carbocycles. The van der Waals surface area contributed by atoms with Crippen molar-refractivity contribution < 1.29 is 13.2 Å². The highest BCUT2D eigenvalue weighted by molar-refractivity contribution is 5.85. The maximum absolute atomic E-state index is 13.5. The molecule has 0 aliphatic heterocycles. The summed E-state index contributed by atoms with van der Waals surface area (Å²) in [5.74, 6) is -0.0936. The van der Waals surface area contributed by atoms with E-state index in [1.165, 1.54) is 18.2 Å². The number of hydrogen-bond donors (Lipinski definition) is 1. The van der Waals surface area contributed by atoms with E-state index in [4.69, 9.17) is 5.73 Å². The average Bonchev–Trinajstić information content (AvgIpc) is 2.63. The first-order chi connectivity index (χ1) is 12.3. The van der Waals surface area contributed by atoms with Crippen LogP contribution < -0.4 is 5.73 Å². The molecule has 1 aromatic heterocycles. The van der Waals surface area contributed by atoms with E-state index in [-0.39, 0.29) is 22.5 Å². The fourth-order valence-electron chi connectivity index (χ4n) is 2.97. The smallest absolute Gasteiger partial charge is 0.383 e. The minimum atomic E-state index is -4.55. The van der Waals surface area contributed by atoms with Gasteiger partial charge in [0.25, 0.3) is 0 Å². The van der Waals surface area contributed by atoms with Gasteiger partial charge in [-0.25, -0.2) is 4.98 Å². The molecule has 130 valence electrons. The Morgan fingerprint density at radius 2 is 1.62 bits per heavy atom. The summed E-state index contributed by atoms with van der Waals surface area (Å²) in [6, 6.07) is 16.1. The van der Waals surface area contributed by atoms with E-state index in [1.807, 2.05) is 12.1 Å². The molecule has 3 rings (SSSR count). The highest BCUT2D eigenvalue weighted by Crippen LogP contribution is 2.42. The molecule has 0 atom stereocenters. The molecular weight excluding hydrogens is 339 g/mol. The summed E-state index contributed by atoms with van der Waals surface area (Å²) in [5.41, 5.74) is 6.76. The normalized spacial score (nSPS) is 11.2. The molecule has 0 unspecified atom stereocenters. The minimum absolute atomic E-state index is 0.0566. The van der Waals surface area contributed by atoms with Gasteiger partial charge in [0.05, 0.1) is 11.3 Å². The van der Waals surface area contributed by atoms with Crippen LogP contribution in [0.5, 0.6) is 0 Å². The third-order valence-electron chi connectivity index (χ3n) is 4.13. The molecule has 1 heterocycles. The minimum Gasteiger partial charge on any atom is -0.383 e. The zero-order chi connectivity index (χ0) is 18.9. The van der Waals surface area contributed by atoms with Gasteiger partial charge in [0.15, 0.2) is 0 Å². The van der Waals surface area contributed by atoms with Crippen molar-refractivity contribution in [1.82, 2.24) is 4.98 Å². The number of nitrogens with two attached hydrogens (primary N) is 1. The fourth-order valence-corrected chi connectivity index (χ4v) is 2.97. The van der Waals surface area contributed by atoms with Crippen LogP contribution in [0.4, 0.5) is 19.0 Å². The van der Waals surface area contributed by atoms with Gasteiger partial charge >= 0.3 is 6.18 Å². The molecule has 0 saturated carbocycles. The lowest BCUT2D eigenvalue weighted by atomic mass is 9.90. The lowest BCUT2D eigenvalue weighted by Crippen LogP contribution is -2.10. The van der Waals surface area contributed by atoms with Crippen molar-refractivity contribution >= 4 is 5.82 Å². The van der Waals surface area contributed by atoms with Crippen molar-refractivity contribution in [2.75, 3.05) is 5.73 Å². The van der Waals surface area contributed by atoms with Crippen LogP contribution in [0, 0.1) is 18.3 Å². The van der Waals surface area contributed by atoms with Crippen LogP contribution in [-0.2, 0) is 6.18 Å². The lowest BCUT2D eigenvalue weighted by molar-refractivity contribution is -0.137. The number of alkyl halides is 3. The molecule has 3 aromatic rings. The van der Waals surface area contributed by atoms with Crippen molar-refractivity contribution in [2.45, 2.75) is 13.1 Å². The summed E-state index contributed by atoms with van der Waals surface area (Å²) >= 11 is 0. The van der Waals surface area contributed by atoms with Crippen LogP contribution >= 0.6 is 0 Å². The Labute approximate surface area is 148 Å². The molecule has 2 aromatic carbocycles. The molecule has 0 bridgehead atoms. The van der Waals surface area contributed by atoms with Crippen molar-refractivity contribution in [1.29, 1.82) is 5.26 Å². The number of nitriles is 1. The van der Waals surface area contributed by atoms with Crippen LogP contribution in [-0.4, -0.2) is 4.98 Å². The number of benzene rings is 2. The highest BCUT2D eigenvalue weighted by atomic mass is 19.4. The average molecular weight is 353 g/mol. The van der Waals surface area contributed by atoms with Crippen LogP contribution in [0.3, 0.4) is 0 Å². The summed E-state index contributed by atoms with van der Waals surface area (Å²) in [5, 5.41) is 9.49. The standard InChI is InChI=1S/C20H14F3N3/c1-12-17(14-9-5-6-10-16(14)20(21,22)23)15(11-24)19(25)26-18(12)13-7-3-2-4-8-13/h2-10H,1H3,(H2,25,26). The first kappa shape index (κ1) is 17.5. The van der Waals surface area contributed by atoms with Gasteiger partial charge in [-0.15, -0.1) is 0 Å². The van der Waals surface area contributed by atoms with Gasteiger partial charge in [0.2, 0.25) is 0 Å². The first-order valence-corrected chi connectivity index (χ1v) is 7.76. The third kappa shape index (κ3) is 3.00. The van der Waals surface area contributed by atoms with Gasteiger partial charge in [-0.3, -0.25) is 0 Å². The molecule has 26 heavy (non-hydrogen) atoms. The van der Waals surface area contributed by atoms with E-state index < -0.39 is 11.7 Å². The Kier molecular flexibility index (Phi) is 4.39. The first-order valence-electron chi connectivity index (χ1n) is 7.76. The summed E-state index contributed by atoms with van der Waals surface area (Å²) in [6.07, 6.45) is -4.55. The van der Waals surface area contributed by atoms with Crippen LogP contribution in [0.2, 0.25) is 0 Å². The molecule has 0 aliphatic rings. The van der Waals surface area contributed by atoms with Crippen molar-refractivity contribution in [3.63, 3.8) is 0 Å². The van der Waals surface area contributed by atoms with E-state index in [0.29, 0.717) is 16.8 Å². The summed E-state index contributed by atoms with van der Waals surface area (Å²) in [6.45, 7) is 1.65. The van der Waals surface area contributed by atoms with Crippen LogP contribution in [0.15, 0.2) is 54.6 Å². The molecule has 3 nitrogen and oxygen atoms in total. The number of hydrogen-bond acceptors (Lipinski definition) is 3. The second-order valence-corrected chi connectivity index (χ2v) is 5.74. The maximum atomic E-state index is 13.5. The maximum Gasteiger partial charge on any atom is 0.417 e. The summed E-state index contributed by atoms with van der Waals surface area (Å²) in [7, 11) is 0. The molecule has 0 amide bonds. The number of pyridine rings is 1. The molecule has 0 radical (unpaired) electrons. The largest absolute Gasteiger partial charge is 0.417 e. The second kappa shape index (κ2) is 6.52. The Morgan fingerprint density at radius 3 is 2.23 bits per heavy atom. The van der Waals surface area contributed by atoms with Crippen LogP contribution in [0.1, 0.15) is 16.7 Å². The SMILES string of the molecule is Cc1c(-c2ccccc2)nc(N)c(C#N)c1-c1ccccc1C(F)(F)F. The number of halogens is 3. The van der Waals surface area contributed by atoms with E-state index in [9.17, 15) is 18.4 Å². The zero-order valence-corrected chi connectivity index (χ0v) is 13.8. The number of nitrogen functional groups attached to an aromatic ring is 1. The number of nitrogens with zero attached hydrogens (tertiary/aromatic N) is 2. The van der Waals surface area contributed by atoms with Gasteiger partial charge in [-0.2, -0.15) is 18.4 Å². The van der Waals surface area contributed by atoms with E-state index >= 15 is 0 Å². The van der Waals surface area contributed by atoms with Gasteiger partial charge < -0.3 is 5.73 Å². The van der Waals surface area contributed by atoms with Gasteiger partial charge in [0.1, 0.15) is 17.5 Å². The van der Waals surface area contributed by atoms with Crippen molar-refractivity contribution in [3.8, 4) is 28.5 Å². The summed E-state index contributed by atoms with van der Waals surface area (Å²) < 4.78 is 40.5. The second-order valence-electron chi connectivity index (χ2n) is 5.74.